The average Bonchev–Trinajstić information content (AvgIpc) is 3.56. The summed E-state index contributed by atoms with van der Waals surface area (Å²) in [4.78, 5) is 18.2. The Kier molecular flexibility index (Phi) is 5.69. The van der Waals surface area contributed by atoms with Gasteiger partial charge in [0.05, 0.1) is 41.0 Å². The molecule has 8 heteroatoms. The molecule has 4 heterocycles. The quantitative estimate of drug-likeness (QED) is 0.431. The van der Waals surface area contributed by atoms with Gasteiger partial charge in [-0.05, 0) is 49.1 Å². The number of likely N-dealkylation sites (tertiary alicyclic amines) is 1. The Labute approximate surface area is 212 Å². The van der Waals surface area contributed by atoms with Crippen molar-refractivity contribution in [2.75, 3.05) is 31.2 Å². The lowest BCUT2D eigenvalue weighted by molar-refractivity contribution is -0.123. The number of carbonyl (C=O) groups excluding carboxylic acids is 1. The molecule has 1 atom stereocenters. The Hall–Kier alpha value is -2.30. The molecule has 3 aromatic rings. The summed E-state index contributed by atoms with van der Waals surface area (Å²) in [5.41, 5.74) is 3.61. The number of fused-ring (bicyclic) bond motifs is 2. The van der Waals surface area contributed by atoms with Crippen LogP contribution in [0.2, 0.25) is 0 Å². The van der Waals surface area contributed by atoms with Crippen LogP contribution in [0.4, 0.5) is 10.1 Å². The minimum Gasteiger partial charge on any atom is -0.381 e. The van der Waals surface area contributed by atoms with Gasteiger partial charge in [0.2, 0.25) is 5.91 Å². The lowest BCUT2D eigenvalue weighted by Gasteiger charge is -2.32. The molecule has 2 saturated heterocycles. The molecule has 1 amide bonds. The third kappa shape index (κ3) is 3.67. The molecular formula is C26H26FIN4O2. The number of halogens is 2. The molecule has 2 fully saturated rings. The first-order valence-corrected chi connectivity index (χ1v) is 12.7. The molecule has 0 N–H and O–H groups in total. The SMILES string of the molecule is O=C1N(Cc2ccc(-c3cnn(I)c3)cc2F)c2ccccc2C12CCN(C1CCOCC1)C2. The van der Waals surface area contributed by atoms with Crippen LogP contribution < -0.4 is 4.90 Å². The van der Waals surface area contributed by atoms with E-state index in [1.165, 1.54) is 6.07 Å². The second-order valence-corrected chi connectivity index (χ2v) is 10.5. The van der Waals surface area contributed by atoms with Crippen LogP contribution in [0.25, 0.3) is 11.1 Å². The molecule has 3 aliphatic rings. The second-order valence-electron chi connectivity index (χ2n) is 9.48. The van der Waals surface area contributed by atoms with Crippen LogP contribution >= 0.6 is 22.9 Å². The van der Waals surface area contributed by atoms with Crippen molar-refractivity contribution in [1.29, 1.82) is 0 Å². The van der Waals surface area contributed by atoms with E-state index < -0.39 is 5.41 Å². The molecule has 0 radical (unpaired) electrons. The highest BCUT2D eigenvalue weighted by Gasteiger charge is 2.55. The van der Waals surface area contributed by atoms with E-state index in [9.17, 15) is 4.79 Å². The summed E-state index contributed by atoms with van der Waals surface area (Å²) in [6.07, 6.45) is 6.41. The summed E-state index contributed by atoms with van der Waals surface area (Å²) < 4.78 is 22.4. The van der Waals surface area contributed by atoms with E-state index in [1.54, 1.807) is 20.1 Å². The molecule has 0 aliphatic carbocycles. The van der Waals surface area contributed by atoms with Gasteiger partial charge in [0, 0.05) is 48.8 Å². The zero-order valence-electron chi connectivity index (χ0n) is 18.8. The highest BCUT2D eigenvalue weighted by molar-refractivity contribution is 14.1. The summed E-state index contributed by atoms with van der Waals surface area (Å²) in [6.45, 7) is 3.45. The average molecular weight is 572 g/mol. The lowest BCUT2D eigenvalue weighted by atomic mass is 9.81. The van der Waals surface area contributed by atoms with Crippen LogP contribution in [0, 0.1) is 5.82 Å². The van der Waals surface area contributed by atoms with E-state index in [4.69, 9.17) is 4.74 Å². The highest BCUT2D eigenvalue weighted by Crippen LogP contribution is 2.48. The fourth-order valence-electron chi connectivity index (χ4n) is 5.82. The zero-order chi connectivity index (χ0) is 23.3. The predicted octanol–water partition coefficient (Wildman–Crippen LogP) is 4.56. The molecule has 6 rings (SSSR count). The van der Waals surface area contributed by atoms with Crippen LogP contribution in [-0.4, -0.2) is 51.1 Å². The molecule has 3 aliphatic heterocycles. The fourth-order valence-corrected chi connectivity index (χ4v) is 6.25. The molecule has 1 spiro atoms. The molecule has 1 aromatic heterocycles. The smallest absolute Gasteiger partial charge is 0.239 e. The summed E-state index contributed by atoms with van der Waals surface area (Å²) in [5.74, 6) is -0.210. The third-order valence-corrected chi connectivity index (χ3v) is 8.17. The van der Waals surface area contributed by atoms with Crippen molar-refractivity contribution in [3.63, 3.8) is 0 Å². The number of anilines is 1. The molecule has 6 nitrogen and oxygen atoms in total. The van der Waals surface area contributed by atoms with Gasteiger partial charge in [0.25, 0.3) is 0 Å². The van der Waals surface area contributed by atoms with Gasteiger partial charge in [0.15, 0.2) is 0 Å². The highest BCUT2D eigenvalue weighted by atomic mass is 127. The minimum atomic E-state index is -0.541. The third-order valence-electron chi connectivity index (χ3n) is 7.64. The van der Waals surface area contributed by atoms with Crippen LogP contribution in [0.3, 0.4) is 0 Å². The van der Waals surface area contributed by atoms with E-state index in [0.717, 1.165) is 67.9 Å². The lowest BCUT2D eigenvalue weighted by Crippen LogP contribution is -2.45. The Morgan fingerprint density at radius 1 is 1.15 bits per heavy atom. The van der Waals surface area contributed by atoms with Gasteiger partial charge in [-0.3, -0.25) is 9.69 Å². The number of para-hydroxylation sites is 1. The van der Waals surface area contributed by atoms with E-state index >= 15 is 4.39 Å². The summed E-state index contributed by atoms with van der Waals surface area (Å²) in [7, 11) is 0. The van der Waals surface area contributed by atoms with Gasteiger partial charge in [-0.2, -0.15) is 5.10 Å². The maximum atomic E-state index is 15.2. The van der Waals surface area contributed by atoms with Gasteiger partial charge in [-0.25, -0.2) is 7.29 Å². The van der Waals surface area contributed by atoms with Gasteiger partial charge in [-0.1, -0.05) is 30.3 Å². The van der Waals surface area contributed by atoms with Gasteiger partial charge < -0.3 is 9.64 Å². The van der Waals surface area contributed by atoms with E-state index in [0.29, 0.717) is 11.6 Å². The van der Waals surface area contributed by atoms with Crippen molar-refractivity contribution in [1.82, 2.24) is 12.9 Å². The number of hydrogen-bond acceptors (Lipinski definition) is 4. The van der Waals surface area contributed by atoms with E-state index in [-0.39, 0.29) is 18.3 Å². The Morgan fingerprint density at radius 3 is 2.74 bits per heavy atom. The van der Waals surface area contributed by atoms with Gasteiger partial charge >= 0.3 is 0 Å². The van der Waals surface area contributed by atoms with Crippen molar-refractivity contribution >= 4 is 34.5 Å². The summed E-state index contributed by atoms with van der Waals surface area (Å²) in [6, 6.07) is 13.8. The van der Waals surface area contributed by atoms with Crippen molar-refractivity contribution in [2.24, 2.45) is 0 Å². The van der Waals surface area contributed by atoms with Crippen molar-refractivity contribution in [2.45, 2.75) is 37.3 Å². The maximum absolute atomic E-state index is 15.2. The molecule has 34 heavy (non-hydrogen) atoms. The number of carbonyl (C=O) groups is 1. The number of hydrogen-bond donors (Lipinski definition) is 0. The monoisotopic (exact) mass is 572 g/mol. The first-order valence-electron chi connectivity index (χ1n) is 11.8. The van der Waals surface area contributed by atoms with E-state index in [1.807, 2.05) is 30.5 Å². The number of nitrogens with zero attached hydrogens (tertiary/aromatic N) is 4. The minimum absolute atomic E-state index is 0.0953. The summed E-state index contributed by atoms with van der Waals surface area (Å²) >= 11 is 2.07. The first kappa shape index (κ1) is 22.2. The summed E-state index contributed by atoms with van der Waals surface area (Å²) in [5, 5.41) is 4.16. The number of benzene rings is 2. The fraction of sp³-hybridized carbons (Fsp3) is 0.385. The molecule has 0 bridgehead atoms. The molecule has 2 aromatic carbocycles. The second kappa shape index (κ2) is 8.73. The van der Waals surface area contributed by atoms with Crippen molar-refractivity contribution < 1.29 is 13.9 Å². The van der Waals surface area contributed by atoms with Gasteiger partial charge in [-0.15, -0.1) is 0 Å². The molecular weight excluding hydrogens is 546 g/mol. The van der Waals surface area contributed by atoms with Crippen molar-refractivity contribution in [3.05, 3.63) is 71.8 Å². The van der Waals surface area contributed by atoms with Crippen LogP contribution in [0.1, 0.15) is 30.4 Å². The van der Waals surface area contributed by atoms with Crippen LogP contribution in [-0.2, 0) is 21.5 Å². The molecule has 176 valence electrons. The number of rotatable bonds is 4. The topological polar surface area (TPSA) is 50.6 Å². The van der Waals surface area contributed by atoms with Crippen molar-refractivity contribution in [3.8, 4) is 11.1 Å². The standard InChI is InChI=1S/C26H26FIN4O2/c27-23-13-18(20-14-29-32(28)16-20)5-6-19(23)15-31-24-4-2-1-3-22(24)26(25(31)33)9-10-30(17-26)21-7-11-34-12-8-21/h1-6,13-14,16,21H,7-12,15,17H2. The normalized spacial score (nSPS) is 23.2. The van der Waals surface area contributed by atoms with Crippen LogP contribution in [0.5, 0.6) is 0 Å². The number of aromatic nitrogens is 2. The largest absolute Gasteiger partial charge is 0.381 e. The predicted molar refractivity (Wildman–Crippen MR) is 136 cm³/mol. The van der Waals surface area contributed by atoms with Gasteiger partial charge in [0.1, 0.15) is 5.82 Å². The Bertz CT molecular complexity index is 1240. The maximum Gasteiger partial charge on any atom is 0.239 e. The zero-order valence-corrected chi connectivity index (χ0v) is 20.9. The van der Waals surface area contributed by atoms with Crippen LogP contribution in [0.15, 0.2) is 54.9 Å². The first-order chi connectivity index (χ1) is 16.5. The number of amides is 1. The Morgan fingerprint density at radius 2 is 1.97 bits per heavy atom. The number of ether oxygens (including phenoxy) is 1. The van der Waals surface area contributed by atoms with E-state index in [2.05, 4.69) is 38.9 Å². The molecule has 1 unspecified atom stereocenters. The molecule has 0 saturated carbocycles. The Balaban J connectivity index is 1.28.